The van der Waals surface area contributed by atoms with E-state index in [0.717, 1.165) is 5.69 Å². The molecule has 150 valence electrons. The molecule has 0 atom stereocenters. The van der Waals surface area contributed by atoms with Crippen LogP contribution < -0.4 is 15.6 Å². The van der Waals surface area contributed by atoms with Crippen LogP contribution in [0.2, 0.25) is 0 Å². The standard InChI is InChI=1S/C21H18N6O3/c28-19(13-27-14-24-16-6-2-1-5-15(16)21(27)29)23-11-12-30-20-9-8-18(25-26-20)17-7-3-4-10-22-17/h1-10,14H,11-13H2,(H,23,28). The zero-order chi connectivity index (χ0) is 20.8. The van der Waals surface area contributed by atoms with Gasteiger partial charge in [-0.1, -0.05) is 18.2 Å². The molecule has 30 heavy (non-hydrogen) atoms. The molecule has 0 aliphatic rings. The minimum absolute atomic E-state index is 0.116. The molecule has 4 rings (SSSR count). The van der Waals surface area contributed by atoms with E-state index in [1.54, 1.807) is 36.5 Å². The van der Waals surface area contributed by atoms with Gasteiger partial charge in [-0.2, -0.15) is 0 Å². The summed E-state index contributed by atoms with van der Waals surface area (Å²) < 4.78 is 6.77. The molecular formula is C21H18N6O3. The third-order valence-corrected chi connectivity index (χ3v) is 4.29. The number of rotatable bonds is 7. The number of carbonyl (C=O) groups excluding carboxylic acids is 1. The van der Waals surface area contributed by atoms with Crippen LogP contribution in [0.25, 0.3) is 22.3 Å². The summed E-state index contributed by atoms with van der Waals surface area (Å²) in [5.41, 5.74) is 1.71. The predicted octanol–water partition coefficient (Wildman–Crippen LogP) is 1.44. The van der Waals surface area contributed by atoms with Gasteiger partial charge in [0.1, 0.15) is 18.8 Å². The van der Waals surface area contributed by atoms with Crippen molar-refractivity contribution in [2.24, 2.45) is 0 Å². The summed E-state index contributed by atoms with van der Waals surface area (Å²) in [7, 11) is 0. The lowest BCUT2D eigenvalue weighted by Crippen LogP contribution is -2.34. The van der Waals surface area contributed by atoms with E-state index in [0.29, 0.717) is 22.5 Å². The topological polar surface area (TPSA) is 112 Å². The number of carbonyl (C=O) groups is 1. The van der Waals surface area contributed by atoms with Crippen LogP contribution in [0, 0.1) is 0 Å². The Hall–Kier alpha value is -4.14. The summed E-state index contributed by atoms with van der Waals surface area (Å²) in [6.45, 7) is 0.363. The van der Waals surface area contributed by atoms with Crippen molar-refractivity contribution >= 4 is 16.8 Å². The van der Waals surface area contributed by atoms with Crippen molar-refractivity contribution in [2.75, 3.05) is 13.2 Å². The van der Waals surface area contributed by atoms with Crippen molar-refractivity contribution in [1.29, 1.82) is 0 Å². The average molecular weight is 402 g/mol. The summed E-state index contributed by atoms with van der Waals surface area (Å²) in [4.78, 5) is 32.9. The van der Waals surface area contributed by atoms with Crippen molar-refractivity contribution in [3.63, 3.8) is 0 Å². The first-order valence-corrected chi connectivity index (χ1v) is 9.29. The fourth-order valence-corrected chi connectivity index (χ4v) is 2.82. The molecule has 9 heteroatoms. The summed E-state index contributed by atoms with van der Waals surface area (Å²) in [6, 6.07) is 16.0. The Kier molecular flexibility index (Phi) is 5.70. The number of hydrogen-bond acceptors (Lipinski definition) is 7. The molecule has 0 aliphatic carbocycles. The number of fused-ring (bicyclic) bond motifs is 1. The van der Waals surface area contributed by atoms with Crippen LogP contribution in [0.5, 0.6) is 5.88 Å². The number of pyridine rings is 1. The van der Waals surface area contributed by atoms with Crippen LogP contribution in [0.1, 0.15) is 0 Å². The molecule has 1 aromatic carbocycles. The van der Waals surface area contributed by atoms with Crippen molar-refractivity contribution in [1.82, 2.24) is 30.0 Å². The van der Waals surface area contributed by atoms with E-state index >= 15 is 0 Å². The van der Waals surface area contributed by atoms with Crippen molar-refractivity contribution in [3.05, 3.63) is 77.5 Å². The molecule has 0 saturated carbocycles. The lowest BCUT2D eigenvalue weighted by molar-refractivity contribution is -0.121. The zero-order valence-corrected chi connectivity index (χ0v) is 15.9. The largest absolute Gasteiger partial charge is 0.475 e. The highest BCUT2D eigenvalue weighted by Gasteiger charge is 2.08. The van der Waals surface area contributed by atoms with Gasteiger partial charge in [0, 0.05) is 12.3 Å². The summed E-state index contributed by atoms with van der Waals surface area (Å²) in [6.07, 6.45) is 3.06. The van der Waals surface area contributed by atoms with Crippen molar-refractivity contribution in [3.8, 4) is 17.3 Å². The second-order valence-electron chi connectivity index (χ2n) is 6.36. The van der Waals surface area contributed by atoms with E-state index in [1.807, 2.05) is 24.3 Å². The molecule has 9 nitrogen and oxygen atoms in total. The lowest BCUT2D eigenvalue weighted by atomic mass is 10.2. The van der Waals surface area contributed by atoms with Gasteiger partial charge in [-0.15, -0.1) is 10.2 Å². The molecule has 0 bridgehead atoms. The molecule has 1 amide bonds. The number of para-hydroxylation sites is 1. The molecule has 0 saturated heterocycles. The fraction of sp³-hybridized carbons (Fsp3) is 0.143. The van der Waals surface area contributed by atoms with E-state index in [-0.39, 0.29) is 31.2 Å². The third kappa shape index (κ3) is 4.46. The lowest BCUT2D eigenvalue weighted by Gasteiger charge is -2.09. The number of benzene rings is 1. The first-order chi connectivity index (χ1) is 14.7. The van der Waals surface area contributed by atoms with Gasteiger partial charge in [0.05, 0.1) is 29.5 Å². The molecule has 0 unspecified atom stereocenters. The third-order valence-electron chi connectivity index (χ3n) is 4.29. The maximum Gasteiger partial charge on any atom is 0.261 e. The summed E-state index contributed by atoms with van der Waals surface area (Å²) in [5, 5.41) is 11.3. The average Bonchev–Trinajstić information content (AvgIpc) is 2.80. The maximum atomic E-state index is 12.4. The van der Waals surface area contributed by atoms with E-state index in [4.69, 9.17) is 4.74 Å². The first kappa shape index (κ1) is 19.2. The molecule has 0 spiro atoms. The Morgan fingerprint density at radius 2 is 1.83 bits per heavy atom. The fourth-order valence-electron chi connectivity index (χ4n) is 2.82. The van der Waals surface area contributed by atoms with Crippen molar-refractivity contribution < 1.29 is 9.53 Å². The van der Waals surface area contributed by atoms with Gasteiger partial charge >= 0.3 is 0 Å². The molecule has 0 radical (unpaired) electrons. The predicted molar refractivity (Wildman–Crippen MR) is 110 cm³/mol. The second-order valence-corrected chi connectivity index (χ2v) is 6.36. The number of nitrogens with one attached hydrogen (secondary N) is 1. The SMILES string of the molecule is O=C(Cn1cnc2ccccc2c1=O)NCCOc1ccc(-c2ccccn2)nn1. The highest BCUT2D eigenvalue weighted by Crippen LogP contribution is 2.14. The van der Waals surface area contributed by atoms with E-state index in [1.165, 1.54) is 10.9 Å². The Morgan fingerprint density at radius 3 is 2.63 bits per heavy atom. The van der Waals surface area contributed by atoms with E-state index < -0.39 is 0 Å². The molecule has 1 N–H and O–H groups in total. The maximum absolute atomic E-state index is 12.4. The van der Waals surface area contributed by atoms with Crippen LogP contribution in [-0.2, 0) is 11.3 Å². The van der Waals surface area contributed by atoms with Gasteiger partial charge in [0.25, 0.3) is 5.56 Å². The van der Waals surface area contributed by atoms with Crippen LogP contribution >= 0.6 is 0 Å². The van der Waals surface area contributed by atoms with Gasteiger partial charge in [-0.25, -0.2) is 4.98 Å². The Morgan fingerprint density at radius 1 is 0.967 bits per heavy atom. The number of amides is 1. The van der Waals surface area contributed by atoms with E-state index in [9.17, 15) is 9.59 Å². The molecule has 4 aromatic rings. The summed E-state index contributed by atoms with van der Waals surface area (Å²) in [5.74, 6) is 0.0354. The zero-order valence-electron chi connectivity index (χ0n) is 15.9. The minimum Gasteiger partial charge on any atom is -0.475 e. The van der Waals surface area contributed by atoms with Crippen LogP contribution in [0.3, 0.4) is 0 Å². The van der Waals surface area contributed by atoms with Crippen LogP contribution in [0.15, 0.2) is 71.9 Å². The van der Waals surface area contributed by atoms with Crippen LogP contribution in [-0.4, -0.2) is 43.8 Å². The van der Waals surface area contributed by atoms with Gasteiger partial charge in [-0.05, 0) is 30.3 Å². The normalized spacial score (nSPS) is 10.7. The number of hydrogen-bond donors (Lipinski definition) is 1. The van der Waals surface area contributed by atoms with Gasteiger partial charge < -0.3 is 10.1 Å². The Balaban J connectivity index is 1.26. The minimum atomic E-state index is -0.311. The summed E-state index contributed by atoms with van der Waals surface area (Å²) >= 11 is 0. The molecule has 0 aliphatic heterocycles. The number of nitrogens with zero attached hydrogens (tertiary/aromatic N) is 5. The Bertz CT molecular complexity index is 1210. The molecule has 3 heterocycles. The smallest absolute Gasteiger partial charge is 0.261 e. The van der Waals surface area contributed by atoms with E-state index in [2.05, 4.69) is 25.5 Å². The van der Waals surface area contributed by atoms with Gasteiger partial charge in [0.2, 0.25) is 11.8 Å². The van der Waals surface area contributed by atoms with Crippen LogP contribution in [0.4, 0.5) is 0 Å². The Labute approximate surface area is 171 Å². The number of ether oxygens (including phenoxy) is 1. The molecule has 0 fully saturated rings. The van der Waals surface area contributed by atoms with Gasteiger partial charge in [-0.3, -0.25) is 19.1 Å². The highest BCUT2D eigenvalue weighted by atomic mass is 16.5. The number of aromatic nitrogens is 5. The van der Waals surface area contributed by atoms with Crippen molar-refractivity contribution in [2.45, 2.75) is 6.54 Å². The second kappa shape index (κ2) is 8.91. The molecular weight excluding hydrogens is 384 g/mol. The van der Waals surface area contributed by atoms with Gasteiger partial charge in [0.15, 0.2) is 0 Å². The first-order valence-electron chi connectivity index (χ1n) is 9.29. The molecule has 3 aromatic heterocycles. The quantitative estimate of drug-likeness (QED) is 0.466. The monoisotopic (exact) mass is 402 g/mol. The highest BCUT2D eigenvalue weighted by molar-refractivity contribution is 5.78.